The van der Waals surface area contributed by atoms with E-state index in [9.17, 15) is 14.7 Å². The predicted octanol–water partition coefficient (Wildman–Crippen LogP) is 0.821. The quantitative estimate of drug-likeness (QED) is 0.890. The molecule has 0 aromatic carbocycles. The van der Waals surface area contributed by atoms with Gasteiger partial charge in [-0.3, -0.25) is 14.3 Å². The molecule has 1 saturated heterocycles. The molecule has 1 unspecified atom stereocenters. The standard InChI is InChI=1S/C15H21N3O4/c1-17-7-10(6-16-17)12(22-2)13(19)18-8-11-4-3-5-15(11,9-18)14(20)21/h6-7,11-12H,3-5,8-9H2,1-2H3,(H,20,21)/t11-,12?,15+/m0/s1. The van der Waals surface area contributed by atoms with E-state index in [1.807, 2.05) is 0 Å². The van der Waals surface area contributed by atoms with Crippen LogP contribution in [0.25, 0.3) is 0 Å². The van der Waals surface area contributed by atoms with Gasteiger partial charge >= 0.3 is 5.97 Å². The van der Waals surface area contributed by atoms with E-state index in [-0.39, 0.29) is 18.4 Å². The summed E-state index contributed by atoms with van der Waals surface area (Å²) in [6, 6.07) is 0. The van der Waals surface area contributed by atoms with Crippen LogP contribution in [0, 0.1) is 11.3 Å². The molecule has 3 rings (SSSR count). The van der Waals surface area contributed by atoms with E-state index < -0.39 is 17.5 Å². The molecule has 3 atom stereocenters. The molecule has 1 aromatic rings. The lowest BCUT2D eigenvalue weighted by Crippen LogP contribution is -2.39. The zero-order chi connectivity index (χ0) is 15.9. The maximum atomic E-state index is 12.8. The summed E-state index contributed by atoms with van der Waals surface area (Å²) in [6.07, 6.45) is 5.08. The van der Waals surface area contributed by atoms with Crippen molar-refractivity contribution < 1.29 is 19.4 Å². The number of ether oxygens (including phenoxy) is 1. The van der Waals surface area contributed by atoms with Crippen LogP contribution < -0.4 is 0 Å². The number of hydrogen-bond acceptors (Lipinski definition) is 4. The van der Waals surface area contributed by atoms with E-state index >= 15 is 0 Å². The van der Waals surface area contributed by atoms with E-state index in [4.69, 9.17) is 4.74 Å². The Labute approximate surface area is 128 Å². The molecule has 0 spiro atoms. The number of aromatic nitrogens is 2. The molecule has 2 fully saturated rings. The normalized spacial score (nSPS) is 28.6. The Hall–Kier alpha value is -1.89. The minimum absolute atomic E-state index is 0.0559. The Morgan fingerprint density at radius 1 is 1.55 bits per heavy atom. The van der Waals surface area contributed by atoms with Gasteiger partial charge in [-0.25, -0.2) is 0 Å². The van der Waals surface area contributed by atoms with Crippen LogP contribution in [0.15, 0.2) is 12.4 Å². The molecule has 120 valence electrons. The highest BCUT2D eigenvalue weighted by Gasteiger charge is 2.56. The first-order valence-electron chi connectivity index (χ1n) is 7.51. The fourth-order valence-electron chi connectivity index (χ4n) is 3.93. The second-order valence-corrected chi connectivity index (χ2v) is 6.33. The molecular formula is C15H21N3O4. The Morgan fingerprint density at radius 3 is 2.86 bits per heavy atom. The Kier molecular flexibility index (Phi) is 3.68. The number of likely N-dealkylation sites (tertiary alicyclic amines) is 1. The molecule has 0 radical (unpaired) electrons. The van der Waals surface area contributed by atoms with Crippen LogP contribution in [-0.2, 0) is 21.4 Å². The highest BCUT2D eigenvalue weighted by molar-refractivity contribution is 5.85. The summed E-state index contributed by atoms with van der Waals surface area (Å²) in [6.45, 7) is 0.789. The van der Waals surface area contributed by atoms with Crippen LogP contribution in [0.4, 0.5) is 0 Å². The number of rotatable bonds is 4. The third kappa shape index (κ3) is 2.20. The largest absolute Gasteiger partial charge is 0.481 e. The summed E-state index contributed by atoms with van der Waals surface area (Å²) in [5.74, 6) is -0.897. The van der Waals surface area contributed by atoms with Gasteiger partial charge in [0, 0.05) is 39.0 Å². The van der Waals surface area contributed by atoms with Crippen LogP contribution in [-0.4, -0.2) is 51.9 Å². The van der Waals surface area contributed by atoms with Gasteiger partial charge in [0.05, 0.1) is 11.6 Å². The van der Waals surface area contributed by atoms with Crippen molar-refractivity contribution in [2.24, 2.45) is 18.4 Å². The fourth-order valence-corrected chi connectivity index (χ4v) is 3.93. The lowest BCUT2D eigenvalue weighted by atomic mass is 9.81. The lowest BCUT2D eigenvalue weighted by molar-refractivity contribution is -0.150. The van der Waals surface area contributed by atoms with E-state index in [0.29, 0.717) is 18.5 Å². The van der Waals surface area contributed by atoms with Gasteiger partial charge in [0.2, 0.25) is 0 Å². The molecule has 1 amide bonds. The van der Waals surface area contributed by atoms with Gasteiger partial charge in [-0.15, -0.1) is 0 Å². The van der Waals surface area contributed by atoms with E-state index in [2.05, 4.69) is 5.10 Å². The molecule has 22 heavy (non-hydrogen) atoms. The molecule has 2 heterocycles. The molecule has 7 heteroatoms. The highest BCUT2D eigenvalue weighted by atomic mass is 16.5. The second-order valence-electron chi connectivity index (χ2n) is 6.33. The SMILES string of the molecule is COC(C(=O)N1C[C@@H]2CCC[C@@]2(C(=O)O)C1)c1cnn(C)c1. The number of methoxy groups -OCH3 is 1. The van der Waals surface area contributed by atoms with Gasteiger partial charge in [-0.05, 0) is 18.8 Å². The van der Waals surface area contributed by atoms with Crippen LogP contribution in [0.3, 0.4) is 0 Å². The summed E-state index contributed by atoms with van der Waals surface area (Å²) in [4.78, 5) is 26.1. The third-order valence-corrected chi connectivity index (χ3v) is 5.10. The Bertz CT molecular complexity index is 599. The van der Waals surface area contributed by atoms with Crippen molar-refractivity contribution in [3.8, 4) is 0 Å². The van der Waals surface area contributed by atoms with Gasteiger partial charge in [0.1, 0.15) is 0 Å². The zero-order valence-corrected chi connectivity index (χ0v) is 12.9. The zero-order valence-electron chi connectivity index (χ0n) is 12.9. The number of hydrogen-bond donors (Lipinski definition) is 1. The summed E-state index contributed by atoms with van der Waals surface area (Å²) in [7, 11) is 3.26. The molecule has 1 aliphatic heterocycles. The van der Waals surface area contributed by atoms with Crippen molar-refractivity contribution >= 4 is 11.9 Å². The summed E-state index contributed by atoms with van der Waals surface area (Å²) < 4.78 is 6.96. The number of carbonyl (C=O) groups excluding carboxylic acids is 1. The molecule has 1 aliphatic carbocycles. The van der Waals surface area contributed by atoms with Crippen LogP contribution in [0.5, 0.6) is 0 Å². The van der Waals surface area contributed by atoms with Gasteiger partial charge < -0.3 is 14.7 Å². The first-order valence-corrected chi connectivity index (χ1v) is 7.51. The number of amides is 1. The number of carboxylic acids is 1. The van der Waals surface area contributed by atoms with Crippen molar-refractivity contribution in [1.29, 1.82) is 0 Å². The maximum Gasteiger partial charge on any atom is 0.311 e. The van der Waals surface area contributed by atoms with Crippen LogP contribution >= 0.6 is 0 Å². The minimum Gasteiger partial charge on any atom is -0.481 e. The topological polar surface area (TPSA) is 84.7 Å². The summed E-state index contributed by atoms with van der Waals surface area (Å²) in [5.41, 5.74) is -0.0699. The second kappa shape index (κ2) is 5.39. The maximum absolute atomic E-state index is 12.8. The van der Waals surface area contributed by atoms with Gasteiger partial charge in [-0.2, -0.15) is 5.10 Å². The average Bonchev–Trinajstić information content (AvgIpc) is 3.13. The Balaban J connectivity index is 1.80. The number of nitrogens with zero attached hydrogens (tertiary/aromatic N) is 3. The van der Waals surface area contributed by atoms with Crippen molar-refractivity contribution in [2.75, 3.05) is 20.2 Å². The monoisotopic (exact) mass is 307 g/mol. The van der Waals surface area contributed by atoms with Crippen molar-refractivity contribution in [3.05, 3.63) is 18.0 Å². The van der Waals surface area contributed by atoms with Crippen LogP contribution in [0.2, 0.25) is 0 Å². The first-order chi connectivity index (χ1) is 10.5. The Morgan fingerprint density at radius 2 is 2.32 bits per heavy atom. The van der Waals surface area contributed by atoms with Crippen LogP contribution in [0.1, 0.15) is 30.9 Å². The molecule has 1 N–H and O–H groups in total. The molecular weight excluding hydrogens is 286 g/mol. The van der Waals surface area contributed by atoms with Crippen molar-refractivity contribution in [1.82, 2.24) is 14.7 Å². The smallest absolute Gasteiger partial charge is 0.311 e. The molecule has 1 saturated carbocycles. The third-order valence-electron chi connectivity index (χ3n) is 5.10. The van der Waals surface area contributed by atoms with E-state index in [0.717, 1.165) is 12.8 Å². The van der Waals surface area contributed by atoms with Gasteiger partial charge in [-0.1, -0.05) is 6.42 Å². The average molecular weight is 307 g/mol. The molecule has 1 aromatic heterocycles. The fraction of sp³-hybridized carbons (Fsp3) is 0.667. The number of carboxylic acid groups (broad SMARTS) is 1. The first kappa shape index (κ1) is 15.0. The number of aliphatic carboxylic acids is 1. The van der Waals surface area contributed by atoms with Gasteiger partial charge in [0.15, 0.2) is 6.10 Å². The lowest BCUT2D eigenvalue weighted by Gasteiger charge is -2.25. The molecule has 7 nitrogen and oxygen atoms in total. The van der Waals surface area contributed by atoms with Gasteiger partial charge in [0.25, 0.3) is 5.91 Å². The van der Waals surface area contributed by atoms with Crippen molar-refractivity contribution in [2.45, 2.75) is 25.4 Å². The highest BCUT2D eigenvalue weighted by Crippen LogP contribution is 2.49. The van der Waals surface area contributed by atoms with Crippen molar-refractivity contribution in [3.63, 3.8) is 0 Å². The molecule has 0 bridgehead atoms. The summed E-state index contributed by atoms with van der Waals surface area (Å²) >= 11 is 0. The number of carbonyl (C=O) groups is 2. The predicted molar refractivity (Wildman–Crippen MR) is 76.9 cm³/mol. The van der Waals surface area contributed by atoms with E-state index in [1.165, 1.54) is 7.11 Å². The number of fused-ring (bicyclic) bond motifs is 1. The molecule has 2 aliphatic rings. The number of aryl methyl sites for hydroxylation is 1. The summed E-state index contributed by atoms with van der Waals surface area (Å²) in [5, 5.41) is 13.7. The minimum atomic E-state index is -0.777. The van der Waals surface area contributed by atoms with E-state index in [1.54, 1.807) is 29.0 Å².